The lowest BCUT2D eigenvalue weighted by atomic mass is 9.92. The van der Waals surface area contributed by atoms with Gasteiger partial charge in [-0.25, -0.2) is 14.4 Å². The molecule has 0 fully saturated rings. The van der Waals surface area contributed by atoms with Crippen LogP contribution in [0.3, 0.4) is 0 Å². The number of esters is 5. The lowest BCUT2D eigenvalue weighted by Gasteiger charge is -2.31. The van der Waals surface area contributed by atoms with Crippen molar-refractivity contribution in [3.63, 3.8) is 0 Å². The Morgan fingerprint density at radius 2 is 0.833 bits per heavy atom. The Bertz CT molecular complexity index is 815. The maximum Gasteiger partial charge on any atom is 0.333 e. The van der Waals surface area contributed by atoms with Gasteiger partial charge in [-0.3, -0.25) is 9.59 Å². The third-order valence-electron chi connectivity index (χ3n) is 4.04. The molecule has 10 nitrogen and oxygen atoms in total. The smallest absolute Gasteiger partial charge is 0.333 e. The Labute approximate surface area is 224 Å². The highest BCUT2D eigenvalue weighted by atomic mass is 35.6. The standard InChI is InChI=1S/C23H29Cl3O10/c1-14(2)19(29)34-10-22(11-35-20(30)15(3)4,12-36-21(31)16(5)6)9-32-17(27)7-8-18(28)33-13-23(24,25)26/h1,3,5,7-13H2,2,4,6H3. The minimum Gasteiger partial charge on any atom is -0.465 e. The molecular weight excluding hydrogens is 543 g/mol. The molecule has 0 atom stereocenters. The van der Waals surface area contributed by atoms with Crippen molar-refractivity contribution in [3.05, 3.63) is 36.5 Å². The third-order valence-corrected chi connectivity index (χ3v) is 4.37. The van der Waals surface area contributed by atoms with Gasteiger partial charge in [0, 0.05) is 16.7 Å². The largest absolute Gasteiger partial charge is 0.465 e. The van der Waals surface area contributed by atoms with Gasteiger partial charge in [-0.2, -0.15) is 0 Å². The number of ether oxygens (including phenoxy) is 5. The Morgan fingerprint density at radius 3 is 1.11 bits per heavy atom. The van der Waals surface area contributed by atoms with E-state index in [1.54, 1.807) is 0 Å². The van der Waals surface area contributed by atoms with Crippen molar-refractivity contribution in [2.45, 2.75) is 37.4 Å². The topological polar surface area (TPSA) is 132 Å². The van der Waals surface area contributed by atoms with Gasteiger partial charge in [-0.1, -0.05) is 54.5 Å². The number of rotatable bonds is 15. The summed E-state index contributed by atoms with van der Waals surface area (Å²) < 4.78 is 23.7. The van der Waals surface area contributed by atoms with E-state index in [0.717, 1.165) is 0 Å². The van der Waals surface area contributed by atoms with Crippen molar-refractivity contribution < 1.29 is 47.7 Å². The minimum absolute atomic E-state index is 0.0760. The molecule has 0 heterocycles. The van der Waals surface area contributed by atoms with Crippen molar-refractivity contribution >= 4 is 64.6 Å². The van der Waals surface area contributed by atoms with Gasteiger partial charge >= 0.3 is 29.8 Å². The molecular formula is C23H29Cl3O10. The number of carbonyl (C=O) groups excluding carboxylic acids is 5. The summed E-state index contributed by atoms with van der Waals surface area (Å²) in [4.78, 5) is 59.9. The highest BCUT2D eigenvalue weighted by Gasteiger charge is 2.38. The monoisotopic (exact) mass is 570 g/mol. The first-order valence-electron chi connectivity index (χ1n) is 10.3. The van der Waals surface area contributed by atoms with Crippen LogP contribution in [0.4, 0.5) is 0 Å². The summed E-state index contributed by atoms with van der Waals surface area (Å²) in [6, 6.07) is 0. The molecule has 0 aromatic carbocycles. The van der Waals surface area contributed by atoms with Gasteiger partial charge in [-0.15, -0.1) is 0 Å². The van der Waals surface area contributed by atoms with Gasteiger partial charge in [0.15, 0.2) is 0 Å². The van der Waals surface area contributed by atoms with Gasteiger partial charge in [-0.05, 0) is 20.8 Å². The van der Waals surface area contributed by atoms with Crippen LogP contribution in [0.2, 0.25) is 0 Å². The predicted molar refractivity (Wildman–Crippen MR) is 131 cm³/mol. The van der Waals surface area contributed by atoms with Crippen LogP contribution in [0.15, 0.2) is 36.5 Å². The fourth-order valence-electron chi connectivity index (χ4n) is 2.02. The van der Waals surface area contributed by atoms with E-state index in [9.17, 15) is 24.0 Å². The summed E-state index contributed by atoms with van der Waals surface area (Å²) in [5.41, 5.74) is -1.28. The van der Waals surface area contributed by atoms with Crippen LogP contribution >= 0.6 is 34.8 Å². The Hall–Kier alpha value is -2.56. The summed E-state index contributed by atoms with van der Waals surface area (Å²) in [5, 5.41) is 0. The van der Waals surface area contributed by atoms with E-state index in [2.05, 4.69) is 19.7 Å². The van der Waals surface area contributed by atoms with Crippen LogP contribution < -0.4 is 0 Å². The van der Waals surface area contributed by atoms with E-state index in [0.29, 0.717) is 0 Å². The second kappa shape index (κ2) is 15.5. The summed E-state index contributed by atoms with van der Waals surface area (Å²) in [6.07, 6.45) is -0.788. The number of carbonyl (C=O) groups is 5. The van der Waals surface area contributed by atoms with Gasteiger partial charge < -0.3 is 23.7 Å². The van der Waals surface area contributed by atoms with Gasteiger partial charge in [0.25, 0.3) is 0 Å². The Kier molecular flexibility index (Phi) is 14.4. The molecule has 0 aromatic heterocycles. The molecule has 202 valence electrons. The molecule has 0 aliphatic rings. The fraction of sp³-hybridized carbons (Fsp3) is 0.522. The lowest BCUT2D eigenvalue weighted by Crippen LogP contribution is -2.44. The zero-order chi connectivity index (χ0) is 28.1. The molecule has 0 N–H and O–H groups in total. The molecule has 0 saturated heterocycles. The maximum atomic E-state index is 12.3. The van der Waals surface area contributed by atoms with Crippen LogP contribution in [-0.2, 0) is 47.7 Å². The summed E-state index contributed by atoms with van der Waals surface area (Å²) in [7, 11) is 0. The van der Waals surface area contributed by atoms with Gasteiger partial charge in [0.1, 0.15) is 38.4 Å². The van der Waals surface area contributed by atoms with Crippen molar-refractivity contribution in [1.29, 1.82) is 0 Å². The predicted octanol–water partition coefficient (Wildman–Crippen LogP) is 3.57. The van der Waals surface area contributed by atoms with Crippen LogP contribution in [0.1, 0.15) is 33.6 Å². The fourth-order valence-corrected chi connectivity index (χ4v) is 2.18. The Morgan fingerprint density at radius 1 is 0.556 bits per heavy atom. The summed E-state index contributed by atoms with van der Waals surface area (Å²) in [5.74, 6) is -4.00. The quantitative estimate of drug-likeness (QED) is 0.124. The first-order chi connectivity index (χ1) is 16.5. The highest BCUT2D eigenvalue weighted by molar-refractivity contribution is 6.67. The normalized spacial score (nSPS) is 11.1. The first kappa shape index (κ1) is 33.4. The second-order valence-corrected chi connectivity index (χ2v) is 10.5. The molecule has 0 spiro atoms. The van der Waals surface area contributed by atoms with Crippen molar-refractivity contribution in [2.24, 2.45) is 5.41 Å². The number of halogens is 3. The molecule has 0 unspecified atom stereocenters. The van der Waals surface area contributed by atoms with Gasteiger partial charge in [0.05, 0.1) is 12.8 Å². The molecule has 0 radical (unpaired) electrons. The average Bonchev–Trinajstić information content (AvgIpc) is 2.78. The summed E-state index contributed by atoms with van der Waals surface area (Å²) >= 11 is 16.5. The number of hydrogen-bond acceptors (Lipinski definition) is 10. The second-order valence-electron chi connectivity index (χ2n) is 8.01. The Balaban J connectivity index is 5.51. The molecule has 0 bridgehead atoms. The minimum atomic E-state index is -1.81. The van der Waals surface area contributed by atoms with E-state index in [4.69, 9.17) is 58.5 Å². The van der Waals surface area contributed by atoms with E-state index in [1.807, 2.05) is 0 Å². The first-order valence-corrected chi connectivity index (χ1v) is 11.5. The molecule has 0 saturated carbocycles. The zero-order valence-corrected chi connectivity index (χ0v) is 22.6. The third kappa shape index (κ3) is 14.8. The van der Waals surface area contributed by atoms with Crippen molar-refractivity contribution in [2.75, 3.05) is 33.0 Å². The van der Waals surface area contributed by atoms with E-state index >= 15 is 0 Å². The van der Waals surface area contributed by atoms with Gasteiger partial charge in [0.2, 0.25) is 3.79 Å². The molecule has 13 heteroatoms. The molecule has 0 aliphatic carbocycles. The van der Waals surface area contributed by atoms with Crippen molar-refractivity contribution in [3.8, 4) is 0 Å². The maximum absolute atomic E-state index is 12.3. The SMILES string of the molecule is C=C(C)C(=O)OCC(COC(=O)CCC(=O)OCC(Cl)(Cl)Cl)(COC(=O)C(=C)C)COC(=O)C(=C)C. The van der Waals surface area contributed by atoms with Crippen molar-refractivity contribution in [1.82, 2.24) is 0 Å². The van der Waals surface area contributed by atoms with Crippen LogP contribution in [0, 0.1) is 5.41 Å². The lowest BCUT2D eigenvalue weighted by molar-refractivity contribution is -0.168. The summed E-state index contributed by atoms with van der Waals surface area (Å²) in [6.45, 7) is 12.2. The average molecular weight is 572 g/mol. The van der Waals surface area contributed by atoms with E-state index in [-0.39, 0.29) is 23.1 Å². The van der Waals surface area contributed by atoms with E-state index in [1.165, 1.54) is 20.8 Å². The highest BCUT2D eigenvalue weighted by Crippen LogP contribution is 2.26. The number of hydrogen-bond donors (Lipinski definition) is 0. The zero-order valence-electron chi connectivity index (χ0n) is 20.3. The van der Waals surface area contributed by atoms with E-state index < -0.39 is 78.5 Å². The molecule has 0 amide bonds. The molecule has 36 heavy (non-hydrogen) atoms. The number of alkyl halides is 3. The van der Waals surface area contributed by atoms with Crippen LogP contribution in [0.5, 0.6) is 0 Å². The molecule has 0 aliphatic heterocycles. The van der Waals surface area contributed by atoms with Crippen LogP contribution in [0.25, 0.3) is 0 Å². The van der Waals surface area contributed by atoms with Crippen LogP contribution in [-0.4, -0.2) is 66.7 Å². The molecule has 0 rings (SSSR count). The molecule has 0 aromatic rings.